The van der Waals surface area contributed by atoms with Gasteiger partial charge in [0.15, 0.2) is 0 Å². The Morgan fingerprint density at radius 2 is 1.82 bits per heavy atom. The van der Waals surface area contributed by atoms with Gasteiger partial charge in [0.2, 0.25) is 0 Å². The Morgan fingerprint density at radius 1 is 1.04 bits per heavy atom. The Hall–Kier alpha value is -3.12. The van der Waals surface area contributed by atoms with E-state index < -0.39 is 0 Å². The van der Waals surface area contributed by atoms with Crippen LogP contribution >= 0.6 is 0 Å². The molecule has 6 heteroatoms. The summed E-state index contributed by atoms with van der Waals surface area (Å²) in [6.07, 6.45) is 0. The number of methoxy groups -OCH3 is 1. The third-order valence-corrected chi connectivity index (χ3v) is 4.19. The van der Waals surface area contributed by atoms with Gasteiger partial charge in [-0.05, 0) is 55.8 Å². The van der Waals surface area contributed by atoms with Gasteiger partial charge in [0.05, 0.1) is 23.6 Å². The van der Waals surface area contributed by atoms with E-state index in [9.17, 15) is 4.79 Å². The number of nitrogens with zero attached hydrogens (tertiary/aromatic N) is 2. The Kier molecular flexibility index (Phi) is 6.45. The maximum Gasteiger partial charge on any atom is 0.338 e. The predicted octanol–water partition coefficient (Wildman–Crippen LogP) is 3.87. The number of aromatic nitrogens is 2. The zero-order valence-corrected chi connectivity index (χ0v) is 16.3. The molecule has 0 N–H and O–H groups in total. The van der Waals surface area contributed by atoms with Crippen LogP contribution in [0.2, 0.25) is 0 Å². The van der Waals surface area contributed by atoms with Crippen molar-refractivity contribution in [1.29, 1.82) is 0 Å². The number of esters is 1. The van der Waals surface area contributed by atoms with Crippen molar-refractivity contribution in [2.45, 2.75) is 20.5 Å². The molecule has 1 heterocycles. The quantitative estimate of drug-likeness (QED) is 0.438. The number of ether oxygens (including phenoxy) is 3. The minimum atomic E-state index is -0.389. The van der Waals surface area contributed by atoms with Gasteiger partial charge in [-0.1, -0.05) is 18.2 Å². The molecule has 0 aliphatic rings. The number of aryl methyl sites for hydroxylation is 2. The summed E-state index contributed by atoms with van der Waals surface area (Å²) in [7, 11) is 1.61. The molecule has 146 valence electrons. The number of hydrogen-bond acceptors (Lipinski definition) is 5. The SMILES string of the molecule is COCCOc1cccc(C(=O)OCc2ccc(-n3nc(C)cc3C)cc2)c1. The lowest BCUT2D eigenvalue weighted by Gasteiger charge is -2.09. The molecule has 0 fully saturated rings. The summed E-state index contributed by atoms with van der Waals surface area (Å²) in [5.74, 6) is 0.223. The van der Waals surface area contributed by atoms with Crippen LogP contribution in [-0.2, 0) is 16.1 Å². The number of benzene rings is 2. The largest absolute Gasteiger partial charge is 0.491 e. The fourth-order valence-corrected chi connectivity index (χ4v) is 2.81. The lowest BCUT2D eigenvalue weighted by molar-refractivity contribution is 0.0472. The van der Waals surface area contributed by atoms with Crippen molar-refractivity contribution < 1.29 is 19.0 Å². The van der Waals surface area contributed by atoms with Crippen LogP contribution in [0, 0.1) is 13.8 Å². The van der Waals surface area contributed by atoms with E-state index in [-0.39, 0.29) is 12.6 Å². The summed E-state index contributed by atoms with van der Waals surface area (Å²) in [6.45, 7) is 5.10. The molecule has 0 saturated heterocycles. The molecule has 3 aromatic rings. The lowest BCUT2D eigenvalue weighted by Crippen LogP contribution is -2.07. The monoisotopic (exact) mass is 380 g/mol. The van der Waals surface area contributed by atoms with Crippen LogP contribution in [0.5, 0.6) is 5.75 Å². The molecule has 0 radical (unpaired) electrons. The first-order chi connectivity index (χ1) is 13.6. The average Bonchev–Trinajstić information content (AvgIpc) is 3.05. The number of rotatable bonds is 8. The van der Waals surface area contributed by atoms with E-state index in [1.54, 1.807) is 31.4 Å². The average molecular weight is 380 g/mol. The summed E-state index contributed by atoms with van der Waals surface area (Å²) in [4.78, 5) is 12.3. The number of hydrogen-bond donors (Lipinski definition) is 0. The third kappa shape index (κ3) is 4.98. The van der Waals surface area contributed by atoms with Crippen LogP contribution < -0.4 is 4.74 Å². The molecule has 6 nitrogen and oxygen atoms in total. The Labute approximate surface area is 164 Å². The molecule has 0 atom stereocenters. The first kappa shape index (κ1) is 19.6. The van der Waals surface area contributed by atoms with Crippen molar-refractivity contribution in [1.82, 2.24) is 9.78 Å². The van der Waals surface area contributed by atoms with E-state index in [4.69, 9.17) is 14.2 Å². The van der Waals surface area contributed by atoms with Crippen molar-refractivity contribution in [3.05, 3.63) is 77.1 Å². The minimum Gasteiger partial charge on any atom is -0.491 e. The highest BCUT2D eigenvalue weighted by Gasteiger charge is 2.09. The van der Waals surface area contributed by atoms with Crippen LogP contribution in [0.1, 0.15) is 27.3 Å². The molecule has 0 spiro atoms. The molecular formula is C22H24N2O4. The van der Waals surface area contributed by atoms with Crippen LogP contribution in [0.4, 0.5) is 0 Å². The summed E-state index contributed by atoms with van der Waals surface area (Å²) in [6, 6.07) is 16.8. The maximum absolute atomic E-state index is 12.3. The van der Waals surface area contributed by atoms with Crippen LogP contribution in [0.25, 0.3) is 5.69 Å². The lowest BCUT2D eigenvalue weighted by atomic mass is 10.2. The summed E-state index contributed by atoms with van der Waals surface area (Å²) < 4.78 is 17.8. The maximum atomic E-state index is 12.3. The molecule has 1 aromatic heterocycles. The van der Waals surface area contributed by atoms with Crippen LogP contribution in [0.3, 0.4) is 0 Å². The Balaban J connectivity index is 1.59. The highest BCUT2D eigenvalue weighted by Crippen LogP contribution is 2.16. The van der Waals surface area contributed by atoms with E-state index >= 15 is 0 Å². The van der Waals surface area contributed by atoms with Gasteiger partial charge in [-0.3, -0.25) is 0 Å². The second-order valence-corrected chi connectivity index (χ2v) is 6.45. The van der Waals surface area contributed by atoms with E-state index in [1.807, 2.05) is 48.9 Å². The fourth-order valence-electron chi connectivity index (χ4n) is 2.81. The summed E-state index contributed by atoms with van der Waals surface area (Å²) in [5.41, 5.74) is 4.38. The molecule has 0 saturated carbocycles. The van der Waals surface area contributed by atoms with Gasteiger partial charge in [-0.25, -0.2) is 9.48 Å². The first-order valence-electron chi connectivity index (χ1n) is 9.08. The number of carbonyl (C=O) groups excluding carboxylic acids is 1. The highest BCUT2D eigenvalue weighted by atomic mass is 16.5. The van der Waals surface area contributed by atoms with Gasteiger partial charge in [-0.15, -0.1) is 0 Å². The van der Waals surface area contributed by atoms with Gasteiger partial charge in [0.1, 0.15) is 19.0 Å². The molecule has 0 amide bonds. The van der Waals surface area contributed by atoms with Crippen molar-refractivity contribution in [3.63, 3.8) is 0 Å². The highest BCUT2D eigenvalue weighted by molar-refractivity contribution is 5.89. The summed E-state index contributed by atoms with van der Waals surface area (Å²) in [5, 5.41) is 4.47. The molecule has 0 bridgehead atoms. The molecular weight excluding hydrogens is 356 g/mol. The second kappa shape index (κ2) is 9.19. The Bertz CT molecular complexity index is 932. The van der Waals surface area contributed by atoms with Gasteiger partial charge in [-0.2, -0.15) is 5.10 Å². The Morgan fingerprint density at radius 3 is 2.50 bits per heavy atom. The van der Waals surface area contributed by atoms with Crippen molar-refractivity contribution in [2.24, 2.45) is 0 Å². The van der Waals surface area contributed by atoms with Gasteiger partial charge >= 0.3 is 5.97 Å². The molecule has 28 heavy (non-hydrogen) atoms. The van der Waals surface area contributed by atoms with Gasteiger partial charge in [0, 0.05) is 12.8 Å². The summed E-state index contributed by atoms with van der Waals surface area (Å²) >= 11 is 0. The molecule has 0 aliphatic heterocycles. The van der Waals surface area contributed by atoms with Crippen molar-refractivity contribution >= 4 is 5.97 Å². The van der Waals surface area contributed by atoms with E-state index in [2.05, 4.69) is 5.10 Å². The number of carbonyl (C=O) groups is 1. The fraction of sp³-hybridized carbons (Fsp3) is 0.273. The smallest absolute Gasteiger partial charge is 0.338 e. The molecule has 2 aromatic carbocycles. The normalized spacial score (nSPS) is 10.7. The third-order valence-electron chi connectivity index (χ3n) is 4.19. The molecule has 0 aliphatic carbocycles. The van der Waals surface area contributed by atoms with E-state index in [0.717, 1.165) is 22.6 Å². The zero-order chi connectivity index (χ0) is 19.9. The van der Waals surface area contributed by atoms with Crippen LogP contribution in [0.15, 0.2) is 54.6 Å². The second-order valence-electron chi connectivity index (χ2n) is 6.45. The van der Waals surface area contributed by atoms with Crippen molar-refractivity contribution in [3.8, 4) is 11.4 Å². The molecule has 0 unspecified atom stereocenters. The zero-order valence-electron chi connectivity index (χ0n) is 16.3. The molecule has 3 rings (SSSR count). The van der Waals surface area contributed by atoms with Gasteiger partial charge < -0.3 is 14.2 Å². The van der Waals surface area contributed by atoms with E-state index in [1.165, 1.54) is 0 Å². The predicted molar refractivity (Wildman–Crippen MR) is 106 cm³/mol. The van der Waals surface area contributed by atoms with Crippen molar-refractivity contribution in [2.75, 3.05) is 20.3 Å². The van der Waals surface area contributed by atoms with Crippen LogP contribution in [-0.4, -0.2) is 36.1 Å². The van der Waals surface area contributed by atoms with Gasteiger partial charge in [0.25, 0.3) is 0 Å². The first-order valence-corrected chi connectivity index (χ1v) is 9.08. The standard InChI is InChI=1S/C22H24N2O4/c1-16-13-17(2)24(23-16)20-9-7-18(8-10-20)15-28-22(25)19-5-4-6-21(14-19)27-12-11-26-3/h4-10,13-14H,11-12,15H2,1-3H3. The van der Waals surface area contributed by atoms with E-state index in [0.29, 0.717) is 24.5 Å². The topological polar surface area (TPSA) is 62.6 Å². The minimum absolute atomic E-state index is 0.199.